The number of ketones is 1. The van der Waals surface area contributed by atoms with Gasteiger partial charge in [0.15, 0.2) is 5.78 Å². The number of fused-ring (bicyclic) bond motifs is 1. The summed E-state index contributed by atoms with van der Waals surface area (Å²) in [6.07, 6.45) is -0.569. The molecule has 1 atom stereocenters. The van der Waals surface area contributed by atoms with Crippen LogP contribution in [0.4, 0.5) is 9.18 Å². The standard InChI is InChI=1S/C24H23FN2O4/c25-14-20(28)15-26-23(29)22(13-17-7-2-1-3-8-17)27-24(30)31-16-19-11-6-10-18-9-4-5-12-21(18)19/h1-12,22H,13-16H2,(H,26,29)(H,27,30)/t22-/m0/s1. The van der Waals surface area contributed by atoms with Crippen LogP contribution < -0.4 is 10.6 Å². The molecule has 0 aliphatic carbocycles. The van der Waals surface area contributed by atoms with Crippen molar-refractivity contribution in [3.05, 3.63) is 83.9 Å². The fourth-order valence-electron chi connectivity index (χ4n) is 3.16. The highest BCUT2D eigenvalue weighted by atomic mass is 19.1. The zero-order chi connectivity index (χ0) is 22.1. The first-order chi connectivity index (χ1) is 15.1. The molecule has 0 saturated carbocycles. The van der Waals surface area contributed by atoms with Crippen molar-refractivity contribution in [2.24, 2.45) is 0 Å². The van der Waals surface area contributed by atoms with Gasteiger partial charge in [-0.1, -0.05) is 72.8 Å². The number of rotatable bonds is 9. The van der Waals surface area contributed by atoms with Crippen molar-refractivity contribution in [1.29, 1.82) is 0 Å². The number of carbonyl (C=O) groups excluding carboxylic acids is 3. The Balaban J connectivity index is 1.65. The summed E-state index contributed by atoms with van der Waals surface area (Å²) < 4.78 is 17.7. The smallest absolute Gasteiger partial charge is 0.408 e. The monoisotopic (exact) mass is 422 g/mol. The average molecular weight is 422 g/mol. The minimum Gasteiger partial charge on any atom is -0.445 e. The maximum Gasteiger partial charge on any atom is 0.408 e. The SMILES string of the molecule is O=C(CF)CNC(=O)[C@H](Cc1ccccc1)NC(=O)OCc1cccc2ccccc12. The quantitative estimate of drug-likeness (QED) is 0.554. The number of nitrogens with one attached hydrogen (secondary N) is 2. The number of Topliss-reactive ketones (excluding diaryl/α,β-unsaturated/α-hetero) is 1. The molecule has 3 aromatic carbocycles. The molecule has 0 spiro atoms. The maximum absolute atomic E-state index is 12.5. The van der Waals surface area contributed by atoms with Gasteiger partial charge in [-0.2, -0.15) is 0 Å². The molecule has 0 saturated heterocycles. The van der Waals surface area contributed by atoms with E-state index in [9.17, 15) is 18.8 Å². The van der Waals surface area contributed by atoms with Crippen LogP contribution in [0.5, 0.6) is 0 Å². The Labute approximate surface area is 179 Å². The summed E-state index contributed by atoms with van der Waals surface area (Å²) >= 11 is 0. The Kier molecular flexibility index (Phi) is 7.70. The first-order valence-corrected chi connectivity index (χ1v) is 9.86. The third kappa shape index (κ3) is 6.37. The number of carbonyl (C=O) groups is 3. The third-order valence-corrected chi connectivity index (χ3v) is 4.74. The molecule has 0 fully saturated rings. The number of amides is 2. The van der Waals surface area contributed by atoms with Crippen LogP contribution in [-0.4, -0.2) is 37.0 Å². The van der Waals surface area contributed by atoms with Crippen molar-refractivity contribution in [3.8, 4) is 0 Å². The first kappa shape index (κ1) is 22.0. The van der Waals surface area contributed by atoms with Crippen LogP contribution in [0.25, 0.3) is 10.8 Å². The molecule has 2 amide bonds. The molecule has 7 heteroatoms. The van der Waals surface area contributed by atoms with Crippen LogP contribution in [0.1, 0.15) is 11.1 Å². The molecule has 3 rings (SSSR count). The van der Waals surface area contributed by atoms with Crippen LogP contribution in [0, 0.1) is 0 Å². The zero-order valence-electron chi connectivity index (χ0n) is 16.8. The van der Waals surface area contributed by atoms with Gasteiger partial charge in [0.05, 0.1) is 6.54 Å². The summed E-state index contributed by atoms with van der Waals surface area (Å²) in [5.41, 5.74) is 1.65. The highest BCUT2D eigenvalue weighted by Gasteiger charge is 2.22. The molecule has 0 aliphatic rings. The summed E-state index contributed by atoms with van der Waals surface area (Å²) in [7, 11) is 0. The predicted octanol–water partition coefficient (Wildman–Crippen LogP) is 3.33. The van der Waals surface area contributed by atoms with Gasteiger partial charge in [-0.05, 0) is 21.9 Å². The Morgan fingerprint density at radius 2 is 1.61 bits per heavy atom. The lowest BCUT2D eigenvalue weighted by Gasteiger charge is -2.18. The maximum atomic E-state index is 12.5. The largest absolute Gasteiger partial charge is 0.445 e. The third-order valence-electron chi connectivity index (χ3n) is 4.74. The van der Waals surface area contributed by atoms with Gasteiger partial charge in [-0.15, -0.1) is 0 Å². The summed E-state index contributed by atoms with van der Waals surface area (Å²) in [5.74, 6) is -1.34. The average Bonchev–Trinajstić information content (AvgIpc) is 2.81. The molecule has 6 nitrogen and oxygen atoms in total. The molecule has 0 aromatic heterocycles. The number of hydrogen-bond acceptors (Lipinski definition) is 4. The molecular weight excluding hydrogens is 399 g/mol. The van der Waals surface area contributed by atoms with Crippen LogP contribution in [0.2, 0.25) is 0 Å². The van der Waals surface area contributed by atoms with E-state index in [2.05, 4.69) is 10.6 Å². The first-order valence-electron chi connectivity index (χ1n) is 9.86. The molecule has 0 aliphatic heterocycles. The van der Waals surface area contributed by atoms with Gasteiger partial charge in [-0.3, -0.25) is 9.59 Å². The molecule has 0 bridgehead atoms. The molecule has 31 heavy (non-hydrogen) atoms. The lowest BCUT2D eigenvalue weighted by atomic mass is 10.1. The van der Waals surface area contributed by atoms with E-state index in [1.807, 2.05) is 72.8 Å². The molecular formula is C24H23FN2O4. The fourth-order valence-corrected chi connectivity index (χ4v) is 3.16. The number of benzene rings is 3. The van der Waals surface area contributed by atoms with E-state index in [4.69, 9.17) is 4.74 Å². The molecule has 0 radical (unpaired) electrons. The van der Waals surface area contributed by atoms with Crippen LogP contribution in [0.3, 0.4) is 0 Å². The fraction of sp³-hybridized carbons (Fsp3) is 0.208. The van der Waals surface area contributed by atoms with Crippen molar-refractivity contribution >= 4 is 28.6 Å². The van der Waals surface area contributed by atoms with Crippen LogP contribution in [-0.2, 0) is 27.4 Å². The number of alkyl halides is 1. The van der Waals surface area contributed by atoms with Crippen molar-refractivity contribution in [2.75, 3.05) is 13.2 Å². The van der Waals surface area contributed by atoms with Gasteiger partial charge >= 0.3 is 6.09 Å². The minimum absolute atomic E-state index is 0.0349. The Bertz CT molecular complexity index is 1050. The lowest BCUT2D eigenvalue weighted by Crippen LogP contribution is -2.49. The summed E-state index contributed by atoms with van der Waals surface area (Å²) in [4.78, 5) is 36.1. The van der Waals surface area contributed by atoms with E-state index in [1.54, 1.807) is 0 Å². The van der Waals surface area contributed by atoms with Crippen LogP contribution in [0.15, 0.2) is 72.8 Å². The molecule has 160 valence electrons. The molecule has 0 unspecified atom stereocenters. The van der Waals surface area contributed by atoms with E-state index in [-0.39, 0.29) is 13.0 Å². The van der Waals surface area contributed by atoms with Crippen molar-refractivity contribution in [2.45, 2.75) is 19.1 Å². The Hall–Kier alpha value is -3.74. The van der Waals surface area contributed by atoms with Gasteiger partial charge in [-0.25, -0.2) is 9.18 Å². The predicted molar refractivity (Wildman–Crippen MR) is 115 cm³/mol. The van der Waals surface area contributed by atoms with Gasteiger partial charge in [0.25, 0.3) is 0 Å². The number of halogens is 1. The number of alkyl carbamates (subject to hydrolysis) is 1. The van der Waals surface area contributed by atoms with E-state index < -0.39 is 37.0 Å². The topological polar surface area (TPSA) is 84.5 Å². The minimum atomic E-state index is -1.16. The van der Waals surface area contributed by atoms with E-state index >= 15 is 0 Å². The van der Waals surface area contributed by atoms with Gasteiger partial charge in [0.2, 0.25) is 5.91 Å². The normalized spacial score (nSPS) is 11.5. The lowest BCUT2D eigenvalue weighted by molar-refractivity contribution is -0.126. The molecule has 0 heterocycles. The second kappa shape index (κ2) is 10.9. The molecule has 2 N–H and O–H groups in total. The van der Waals surface area contributed by atoms with E-state index in [0.717, 1.165) is 21.9 Å². The zero-order valence-corrected chi connectivity index (χ0v) is 16.8. The Morgan fingerprint density at radius 3 is 2.39 bits per heavy atom. The van der Waals surface area contributed by atoms with Crippen molar-refractivity contribution in [3.63, 3.8) is 0 Å². The second-order valence-corrected chi connectivity index (χ2v) is 6.99. The molecule has 3 aromatic rings. The van der Waals surface area contributed by atoms with Crippen molar-refractivity contribution in [1.82, 2.24) is 10.6 Å². The van der Waals surface area contributed by atoms with Crippen molar-refractivity contribution < 1.29 is 23.5 Å². The summed E-state index contributed by atoms with van der Waals surface area (Å²) in [5, 5.41) is 6.91. The number of hydrogen-bond donors (Lipinski definition) is 2. The van der Waals surface area contributed by atoms with E-state index in [1.165, 1.54) is 0 Å². The van der Waals surface area contributed by atoms with Gasteiger partial charge < -0.3 is 15.4 Å². The highest BCUT2D eigenvalue weighted by molar-refractivity contribution is 5.90. The van der Waals surface area contributed by atoms with Gasteiger partial charge in [0, 0.05) is 6.42 Å². The van der Waals surface area contributed by atoms with Gasteiger partial charge in [0.1, 0.15) is 19.3 Å². The van der Waals surface area contributed by atoms with E-state index in [0.29, 0.717) is 0 Å². The highest BCUT2D eigenvalue weighted by Crippen LogP contribution is 2.19. The van der Waals surface area contributed by atoms with Crippen LogP contribution >= 0.6 is 0 Å². The summed E-state index contributed by atoms with van der Waals surface area (Å²) in [6.45, 7) is -1.56. The second-order valence-electron chi connectivity index (χ2n) is 6.99. The Morgan fingerprint density at radius 1 is 0.903 bits per heavy atom. The summed E-state index contributed by atoms with van der Waals surface area (Å²) in [6, 6.07) is 21.6. The number of ether oxygens (including phenoxy) is 1.